The van der Waals surface area contributed by atoms with Gasteiger partial charge in [-0.1, -0.05) is 12.1 Å². The van der Waals surface area contributed by atoms with Crippen molar-refractivity contribution in [2.24, 2.45) is 11.7 Å². The molecule has 0 atom stereocenters. The maximum atomic E-state index is 12.4. The Morgan fingerprint density at radius 1 is 1.19 bits per heavy atom. The average molecular weight is 311 g/mol. The summed E-state index contributed by atoms with van der Waals surface area (Å²) in [5.41, 5.74) is 12.1. The Balaban J connectivity index is 1.95. The van der Waals surface area contributed by atoms with Crippen molar-refractivity contribution in [2.45, 2.75) is 25.0 Å². The van der Waals surface area contributed by atoms with Crippen LogP contribution in [-0.4, -0.2) is 31.7 Å². The third-order valence-corrected chi connectivity index (χ3v) is 5.64. The summed E-state index contributed by atoms with van der Waals surface area (Å²) in [7, 11) is -3.32. The molecule has 0 spiro atoms. The lowest BCUT2D eigenvalue weighted by Crippen LogP contribution is -2.39. The normalized spacial score (nSPS) is 17.7. The number of amides is 1. The van der Waals surface area contributed by atoms with Crippen LogP contribution in [0.5, 0.6) is 0 Å². The molecule has 116 valence electrons. The number of sulfonamides is 1. The van der Waals surface area contributed by atoms with E-state index in [1.165, 1.54) is 4.31 Å². The highest BCUT2D eigenvalue weighted by Gasteiger charge is 2.28. The van der Waals surface area contributed by atoms with Gasteiger partial charge in [0.15, 0.2) is 0 Å². The molecule has 1 fully saturated rings. The topological polar surface area (TPSA) is 106 Å². The largest absolute Gasteiger partial charge is 0.399 e. The number of primary amides is 1. The van der Waals surface area contributed by atoms with Crippen LogP contribution < -0.4 is 11.5 Å². The molecule has 0 unspecified atom stereocenters. The average Bonchev–Trinajstić information content (AvgIpc) is 2.41. The molecule has 4 N–H and O–H groups in total. The van der Waals surface area contributed by atoms with Crippen molar-refractivity contribution in [3.8, 4) is 0 Å². The van der Waals surface area contributed by atoms with E-state index in [1.54, 1.807) is 24.3 Å². The molecule has 0 saturated carbocycles. The number of carbonyl (C=O) groups is 1. The van der Waals surface area contributed by atoms with Crippen molar-refractivity contribution < 1.29 is 13.2 Å². The first-order chi connectivity index (χ1) is 9.87. The molecule has 1 heterocycles. The maximum absolute atomic E-state index is 12.4. The predicted octanol–water partition coefficient (Wildman–Crippen LogP) is 0.686. The Bertz CT molecular complexity index is 590. The number of piperidine rings is 1. The van der Waals surface area contributed by atoms with Crippen LogP contribution in [0, 0.1) is 5.92 Å². The van der Waals surface area contributed by atoms with Crippen molar-refractivity contribution in [2.75, 3.05) is 18.8 Å². The first-order valence-electron chi connectivity index (χ1n) is 6.97. The summed E-state index contributed by atoms with van der Waals surface area (Å²) in [5, 5.41) is 0. The molecule has 1 aromatic rings. The number of hydrogen-bond donors (Lipinski definition) is 2. The summed E-state index contributed by atoms with van der Waals surface area (Å²) in [4.78, 5) is 10.9. The van der Waals surface area contributed by atoms with Gasteiger partial charge in [0, 0.05) is 25.2 Å². The molecule has 6 nitrogen and oxygen atoms in total. The number of nitrogens with zero attached hydrogens (tertiary/aromatic N) is 1. The minimum Gasteiger partial charge on any atom is -0.399 e. The molecule has 0 radical (unpaired) electrons. The van der Waals surface area contributed by atoms with E-state index in [4.69, 9.17) is 11.5 Å². The molecule has 2 rings (SSSR count). The van der Waals surface area contributed by atoms with Gasteiger partial charge in [0.05, 0.1) is 5.75 Å². The summed E-state index contributed by atoms with van der Waals surface area (Å²) in [6.07, 6.45) is 1.71. The van der Waals surface area contributed by atoms with Crippen LogP contribution in [0.3, 0.4) is 0 Å². The maximum Gasteiger partial charge on any atom is 0.218 e. The zero-order valence-electron chi connectivity index (χ0n) is 11.9. The molecule has 1 amide bonds. The van der Waals surface area contributed by atoms with E-state index in [2.05, 4.69) is 0 Å². The van der Waals surface area contributed by atoms with E-state index in [0.717, 1.165) is 5.56 Å². The Kier molecular flexibility index (Phi) is 4.84. The zero-order valence-corrected chi connectivity index (χ0v) is 12.7. The highest BCUT2D eigenvalue weighted by molar-refractivity contribution is 7.88. The fourth-order valence-corrected chi connectivity index (χ4v) is 4.16. The van der Waals surface area contributed by atoms with Gasteiger partial charge in [-0.25, -0.2) is 12.7 Å². The molecule has 0 aromatic heterocycles. The number of nitrogen functional groups attached to an aromatic ring is 1. The Hall–Kier alpha value is -1.60. The second-order valence-corrected chi connectivity index (χ2v) is 7.48. The van der Waals surface area contributed by atoms with Crippen LogP contribution in [0.2, 0.25) is 0 Å². The van der Waals surface area contributed by atoms with Crippen molar-refractivity contribution in [3.05, 3.63) is 29.8 Å². The summed E-state index contributed by atoms with van der Waals surface area (Å²) >= 11 is 0. The Morgan fingerprint density at radius 3 is 2.29 bits per heavy atom. The molecule has 1 aliphatic heterocycles. The summed E-state index contributed by atoms with van der Waals surface area (Å²) < 4.78 is 26.2. The first-order valence-corrected chi connectivity index (χ1v) is 8.58. The van der Waals surface area contributed by atoms with Gasteiger partial charge < -0.3 is 11.5 Å². The van der Waals surface area contributed by atoms with E-state index in [0.29, 0.717) is 38.0 Å². The third-order valence-electron chi connectivity index (χ3n) is 3.79. The number of anilines is 1. The van der Waals surface area contributed by atoms with E-state index in [9.17, 15) is 13.2 Å². The fourth-order valence-electron chi connectivity index (χ4n) is 2.59. The van der Waals surface area contributed by atoms with Gasteiger partial charge in [-0.05, 0) is 36.5 Å². The molecular weight excluding hydrogens is 290 g/mol. The number of carbonyl (C=O) groups excluding carboxylic acids is 1. The molecular formula is C14H21N3O3S. The van der Waals surface area contributed by atoms with Gasteiger partial charge in [0.2, 0.25) is 15.9 Å². The molecule has 1 saturated heterocycles. The fraction of sp³-hybridized carbons (Fsp3) is 0.500. The third kappa shape index (κ3) is 4.44. The van der Waals surface area contributed by atoms with Crippen LogP contribution >= 0.6 is 0 Å². The van der Waals surface area contributed by atoms with E-state index >= 15 is 0 Å². The summed E-state index contributed by atoms with van der Waals surface area (Å²) in [6, 6.07) is 6.85. The minimum atomic E-state index is -3.32. The van der Waals surface area contributed by atoms with Gasteiger partial charge >= 0.3 is 0 Å². The molecule has 0 aliphatic carbocycles. The second kappa shape index (κ2) is 6.44. The summed E-state index contributed by atoms with van der Waals surface area (Å²) in [5.74, 6) is -0.142. The minimum absolute atomic E-state index is 0.0201. The highest BCUT2D eigenvalue weighted by Crippen LogP contribution is 2.23. The number of hydrogen-bond acceptors (Lipinski definition) is 4. The molecule has 1 aliphatic rings. The molecule has 0 bridgehead atoms. The summed E-state index contributed by atoms with van der Waals surface area (Å²) in [6.45, 7) is 0.907. The smallest absolute Gasteiger partial charge is 0.218 e. The van der Waals surface area contributed by atoms with Crippen molar-refractivity contribution in [3.63, 3.8) is 0 Å². The van der Waals surface area contributed by atoms with Crippen LogP contribution in [0.25, 0.3) is 0 Å². The van der Waals surface area contributed by atoms with E-state index < -0.39 is 10.0 Å². The van der Waals surface area contributed by atoms with Crippen molar-refractivity contribution in [1.82, 2.24) is 4.31 Å². The Labute approximate surface area is 125 Å². The second-order valence-electron chi connectivity index (χ2n) is 5.51. The number of rotatable bonds is 5. The number of benzene rings is 1. The van der Waals surface area contributed by atoms with Gasteiger partial charge in [0.1, 0.15) is 0 Å². The van der Waals surface area contributed by atoms with E-state index in [1.807, 2.05) is 0 Å². The quantitative estimate of drug-likeness (QED) is 0.780. The van der Waals surface area contributed by atoms with Gasteiger partial charge in [-0.3, -0.25) is 4.79 Å². The standard InChI is InChI=1S/C14H21N3O3S/c15-13-3-1-12(2-4-13)10-21(19,20)17-7-5-11(6-8-17)9-14(16)18/h1-4,11H,5-10,15H2,(H2,16,18). The van der Waals surface area contributed by atoms with Crippen LogP contribution in [0.4, 0.5) is 5.69 Å². The van der Waals surface area contributed by atoms with E-state index in [-0.39, 0.29) is 17.6 Å². The first kappa shape index (κ1) is 15.8. The van der Waals surface area contributed by atoms with Gasteiger partial charge in [-0.2, -0.15) is 0 Å². The SMILES string of the molecule is NC(=O)CC1CCN(S(=O)(=O)Cc2ccc(N)cc2)CC1. The predicted molar refractivity (Wildman–Crippen MR) is 81.6 cm³/mol. The van der Waals surface area contributed by atoms with Crippen LogP contribution in [-0.2, 0) is 20.6 Å². The number of nitrogens with two attached hydrogens (primary N) is 2. The monoisotopic (exact) mass is 311 g/mol. The van der Waals surface area contributed by atoms with Crippen LogP contribution in [0.1, 0.15) is 24.8 Å². The van der Waals surface area contributed by atoms with Gasteiger partial charge in [-0.15, -0.1) is 0 Å². The lowest BCUT2D eigenvalue weighted by molar-refractivity contribution is -0.119. The van der Waals surface area contributed by atoms with Crippen molar-refractivity contribution in [1.29, 1.82) is 0 Å². The van der Waals surface area contributed by atoms with Gasteiger partial charge in [0.25, 0.3) is 0 Å². The molecule has 7 heteroatoms. The van der Waals surface area contributed by atoms with Crippen molar-refractivity contribution >= 4 is 21.6 Å². The van der Waals surface area contributed by atoms with Crippen LogP contribution in [0.15, 0.2) is 24.3 Å². The molecule has 1 aromatic carbocycles. The zero-order chi connectivity index (χ0) is 15.5. The Morgan fingerprint density at radius 2 is 1.76 bits per heavy atom. The lowest BCUT2D eigenvalue weighted by atomic mass is 9.94. The lowest BCUT2D eigenvalue weighted by Gasteiger charge is -2.30. The highest BCUT2D eigenvalue weighted by atomic mass is 32.2. The molecule has 21 heavy (non-hydrogen) atoms.